The zero-order valence-electron chi connectivity index (χ0n) is 17.1. The highest BCUT2D eigenvalue weighted by atomic mass is 19.4. The van der Waals surface area contributed by atoms with E-state index >= 15 is 0 Å². The first-order valence-electron chi connectivity index (χ1n) is 9.95. The minimum absolute atomic E-state index is 0.0929. The molecule has 1 saturated heterocycles. The number of nitrogens with zero attached hydrogens (tertiary/aromatic N) is 1. The third-order valence-corrected chi connectivity index (χ3v) is 5.52. The van der Waals surface area contributed by atoms with Crippen LogP contribution in [0, 0.1) is 17.2 Å². The van der Waals surface area contributed by atoms with E-state index in [0.717, 1.165) is 5.56 Å². The SMILES string of the molecule is CC(OC1COCC(CC#N)C1c1ccccc1)c1cc(C(F)(F)F)cc(C(F)(F)F)c1. The van der Waals surface area contributed by atoms with Gasteiger partial charge in [-0.1, -0.05) is 30.3 Å². The van der Waals surface area contributed by atoms with Crippen LogP contribution in [0.3, 0.4) is 0 Å². The molecule has 1 aliphatic rings. The predicted molar refractivity (Wildman–Crippen MR) is 103 cm³/mol. The smallest absolute Gasteiger partial charge is 0.378 e. The number of benzene rings is 2. The van der Waals surface area contributed by atoms with Crippen LogP contribution < -0.4 is 0 Å². The average molecular weight is 457 g/mol. The fourth-order valence-electron chi connectivity index (χ4n) is 3.99. The first-order chi connectivity index (χ1) is 15.0. The summed E-state index contributed by atoms with van der Waals surface area (Å²) in [4.78, 5) is 0. The standard InChI is InChI=1S/C23H21F6NO2/c1-14(17-9-18(22(24,25)26)11-19(10-17)23(27,28)29)32-20-13-31-12-16(7-8-30)21(20)15-5-3-2-4-6-15/h2-6,9-11,14,16,20-21H,7,12-13H2,1H3. The number of halogens is 6. The normalized spacial score (nSPS) is 22.9. The second-order valence-corrected chi connectivity index (χ2v) is 7.75. The molecule has 4 unspecified atom stereocenters. The second-order valence-electron chi connectivity index (χ2n) is 7.75. The van der Waals surface area contributed by atoms with Crippen LogP contribution in [-0.4, -0.2) is 19.3 Å². The lowest BCUT2D eigenvalue weighted by Crippen LogP contribution is -2.40. The van der Waals surface area contributed by atoms with Crippen molar-refractivity contribution < 1.29 is 35.8 Å². The molecule has 1 heterocycles. The summed E-state index contributed by atoms with van der Waals surface area (Å²) in [5.74, 6) is -0.513. The van der Waals surface area contributed by atoms with Crippen molar-refractivity contribution >= 4 is 0 Å². The predicted octanol–water partition coefficient (Wildman–Crippen LogP) is 6.51. The van der Waals surface area contributed by atoms with Gasteiger partial charge in [0.25, 0.3) is 0 Å². The van der Waals surface area contributed by atoms with Crippen molar-refractivity contribution in [2.45, 2.75) is 43.8 Å². The number of nitriles is 1. The van der Waals surface area contributed by atoms with Gasteiger partial charge in [0.2, 0.25) is 0 Å². The van der Waals surface area contributed by atoms with Crippen molar-refractivity contribution in [1.82, 2.24) is 0 Å². The molecule has 2 aromatic carbocycles. The minimum Gasteiger partial charge on any atom is -0.378 e. The fourth-order valence-corrected chi connectivity index (χ4v) is 3.99. The highest BCUT2D eigenvalue weighted by molar-refractivity contribution is 5.35. The Morgan fingerprint density at radius 3 is 2.12 bits per heavy atom. The highest BCUT2D eigenvalue weighted by Crippen LogP contribution is 2.41. The Morgan fingerprint density at radius 2 is 1.59 bits per heavy atom. The Labute approximate surface area is 181 Å². The Morgan fingerprint density at radius 1 is 1.00 bits per heavy atom. The third-order valence-electron chi connectivity index (χ3n) is 5.52. The first-order valence-corrected chi connectivity index (χ1v) is 9.95. The van der Waals surface area contributed by atoms with Gasteiger partial charge in [0, 0.05) is 18.3 Å². The van der Waals surface area contributed by atoms with Gasteiger partial charge in [0.05, 0.1) is 42.6 Å². The molecule has 4 atom stereocenters. The summed E-state index contributed by atoms with van der Waals surface area (Å²) in [5.41, 5.74) is -2.14. The van der Waals surface area contributed by atoms with E-state index in [2.05, 4.69) is 6.07 Å². The van der Waals surface area contributed by atoms with Crippen LogP contribution in [0.4, 0.5) is 26.3 Å². The topological polar surface area (TPSA) is 42.2 Å². The van der Waals surface area contributed by atoms with Crippen LogP contribution in [0.25, 0.3) is 0 Å². The number of rotatable bonds is 5. The summed E-state index contributed by atoms with van der Waals surface area (Å²) in [6.07, 6.45) is -11.4. The Hall–Kier alpha value is -2.57. The first kappa shape index (κ1) is 24.1. The molecule has 0 saturated carbocycles. The van der Waals surface area contributed by atoms with Crippen molar-refractivity contribution in [2.75, 3.05) is 13.2 Å². The van der Waals surface area contributed by atoms with Crippen molar-refractivity contribution in [3.05, 3.63) is 70.8 Å². The maximum atomic E-state index is 13.2. The number of hydrogen-bond donors (Lipinski definition) is 0. The third kappa shape index (κ3) is 5.61. The second kappa shape index (κ2) is 9.51. The lowest BCUT2D eigenvalue weighted by atomic mass is 9.79. The molecule has 1 fully saturated rings. The summed E-state index contributed by atoms with van der Waals surface area (Å²) in [7, 11) is 0. The summed E-state index contributed by atoms with van der Waals surface area (Å²) < 4.78 is 90.9. The molecule has 0 aromatic heterocycles. The van der Waals surface area contributed by atoms with Crippen LogP contribution >= 0.6 is 0 Å². The molecule has 0 aliphatic carbocycles. The molecule has 3 rings (SSSR count). The monoisotopic (exact) mass is 457 g/mol. The van der Waals surface area contributed by atoms with Gasteiger partial charge >= 0.3 is 12.4 Å². The van der Waals surface area contributed by atoms with E-state index in [-0.39, 0.29) is 36.5 Å². The Kier molecular flexibility index (Phi) is 7.16. The fraction of sp³-hybridized carbons (Fsp3) is 0.435. The summed E-state index contributed by atoms with van der Waals surface area (Å²) >= 11 is 0. The molecule has 1 aliphatic heterocycles. The van der Waals surface area contributed by atoms with Gasteiger partial charge in [-0.25, -0.2) is 0 Å². The summed E-state index contributed by atoms with van der Waals surface area (Å²) in [6, 6.07) is 12.7. The van der Waals surface area contributed by atoms with Crippen LogP contribution in [0.15, 0.2) is 48.5 Å². The summed E-state index contributed by atoms with van der Waals surface area (Å²) in [5, 5.41) is 9.18. The van der Waals surface area contributed by atoms with Gasteiger partial charge in [-0.15, -0.1) is 0 Å². The Balaban J connectivity index is 1.94. The van der Waals surface area contributed by atoms with E-state index in [4.69, 9.17) is 9.47 Å². The molecular weight excluding hydrogens is 436 g/mol. The van der Waals surface area contributed by atoms with E-state index in [1.54, 1.807) is 0 Å². The minimum atomic E-state index is -4.94. The molecule has 0 spiro atoms. The lowest BCUT2D eigenvalue weighted by Gasteiger charge is -2.39. The zero-order valence-corrected chi connectivity index (χ0v) is 17.1. The van der Waals surface area contributed by atoms with Gasteiger partial charge in [0.15, 0.2) is 0 Å². The molecule has 172 valence electrons. The van der Waals surface area contributed by atoms with Gasteiger partial charge in [-0.2, -0.15) is 31.6 Å². The van der Waals surface area contributed by atoms with Crippen LogP contribution in [0.1, 0.15) is 47.6 Å². The maximum absolute atomic E-state index is 13.2. The molecule has 3 nitrogen and oxygen atoms in total. The van der Waals surface area contributed by atoms with E-state index in [1.807, 2.05) is 30.3 Å². The molecule has 0 amide bonds. The number of ether oxygens (including phenoxy) is 2. The van der Waals surface area contributed by atoms with Crippen molar-refractivity contribution in [3.8, 4) is 6.07 Å². The van der Waals surface area contributed by atoms with Crippen LogP contribution in [-0.2, 0) is 21.8 Å². The highest BCUT2D eigenvalue weighted by Gasteiger charge is 2.39. The van der Waals surface area contributed by atoms with Crippen molar-refractivity contribution in [2.24, 2.45) is 5.92 Å². The van der Waals surface area contributed by atoms with E-state index in [9.17, 15) is 31.6 Å². The number of alkyl halides is 6. The van der Waals surface area contributed by atoms with E-state index in [0.29, 0.717) is 18.7 Å². The summed E-state index contributed by atoms with van der Waals surface area (Å²) in [6.45, 7) is 1.83. The average Bonchev–Trinajstić information content (AvgIpc) is 2.73. The van der Waals surface area contributed by atoms with Crippen LogP contribution in [0.2, 0.25) is 0 Å². The van der Waals surface area contributed by atoms with Crippen molar-refractivity contribution in [1.29, 1.82) is 5.26 Å². The Bertz CT molecular complexity index is 919. The quantitative estimate of drug-likeness (QED) is 0.481. The maximum Gasteiger partial charge on any atom is 0.416 e. The van der Waals surface area contributed by atoms with Crippen molar-refractivity contribution in [3.63, 3.8) is 0 Å². The molecule has 0 N–H and O–H groups in total. The van der Waals surface area contributed by atoms with Gasteiger partial charge in [-0.05, 0) is 36.2 Å². The molecule has 0 radical (unpaired) electrons. The largest absolute Gasteiger partial charge is 0.416 e. The molecule has 9 heteroatoms. The van der Waals surface area contributed by atoms with E-state index < -0.39 is 35.7 Å². The van der Waals surface area contributed by atoms with Gasteiger partial charge < -0.3 is 9.47 Å². The lowest BCUT2D eigenvalue weighted by molar-refractivity contribution is -0.143. The van der Waals surface area contributed by atoms with Gasteiger partial charge in [-0.3, -0.25) is 0 Å². The zero-order chi connectivity index (χ0) is 23.5. The molecular formula is C23H21F6NO2. The number of hydrogen-bond acceptors (Lipinski definition) is 3. The molecule has 32 heavy (non-hydrogen) atoms. The van der Waals surface area contributed by atoms with Gasteiger partial charge in [0.1, 0.15) is 0 Å². The molecule has 0 bridgehead atoms. The van der Waals surface area contributed by atoms with E-state index in [1.165, 1.54) is 6.92 Å². The molecule has 2 aromatic rings. The van der Waals surface area contributed by atoms with Crippen LogP contribution in [0.5, 0.6) is 0 Å².